The number of amides is 2. The van der Waals surface area contributed by atoms with Gasteiger partial charge in [-0.25, -0.2) is 14.0 Å². The molecule has 34 heavy (non-hydrogen) atoms. The minimum atomic E-state index is -0.638. The summed E-state index contributed by atoms with van der Waals surface area (Å²) in [4.78, 5) is 26.2. The number of hydrogen-bond acceptors (Lipinski definition) is 8. The van der Waals surface area contributed by atoms with E-state index in [1.807, 2.05) is 6.08 Å². The Bertz CT molecular complexity index is 987. The summed E-state index contributed by atoms with van der Waals surface area (Å²) in [5, 5.41) is 11.6. The van der Waals surface area contributed by atoms with Crippen LogP contribution in [0.15, 0.2) is 29.4 Å². The second-order valence-electron chi connectivity index (χ2n) is 8.91. The van der Waals surface area contributed by atoms with Crippen LogP contribution in [0.4, 0.5) is 19.7 Å². The molecule has 0 aromatic heterocycles. The second kappa shape index (κ2) is 10.9. The Morgan fingerprint density at radius 1 is 1.41 bits per heavy atom. The van der Waals surface area contributed by atoms with Gasteiger partial charge in [0, 0.05) is 18.7 Å². The molecule has 12 heteroatoms. The zero-order valence-corrected chi connectivity index (χ0v) is 20.9. The van der Waals surface area contributed by atoms with Crippen LogP contribution in [0.2, 0.25) is 0 Å². The lowest BCUT2D eigenvalue weighted by Crippen LogP contribution is -2.46. The summed E-state index contributed by atoms with van der Waals surface area (Å²) in [7, 11) is 0. The first-order valence-corrected chi connectivity index (χ1v) is 11.8. The van der Waals surface area contributed by atoms with E-state index in [9.17, 15) is 14.0 Å². The Labute approximate surface area is 208 Å². The number of benzene rings is 1. The Morgan fingerprint density at radius 2 is 2.21 bits per heavy atom. The molecular formula is C22H29ClFN5O4S. The number of cyclic esters (lactones) is 1. The van der Waals surface area contributed by atoms with Crippen LogP contribution in [0, 0.1) is 5.82 Å². The third kappa shape index (κ3) is 6.21. The maximum Gasteiger partial charge on any atom is 0.433 e. The molecule has 0 spiro atoms. The van der Waals surface area contributed by atoms with E-state index in [1.54, 1.807) is 38.5 Å². The highest BCUT2D eigenvalue weighted by atomic mass is 35.5. The maximum atomic E-state index is 14.8. The van der Waals surface area contributed by atoms with Gasteiger partial charge in [0.2, 0.25) is 0 Å². The number of nitrogens with zero attached hydrogens (tertiary/aromatic N) is 3. The lowest BCUT2D eigenvalue weighted by Gasteiger charge is -2.26. The average Bonchev–Trinajstić information content (AvgIpc) is 3.38. The smallest absolute Gasteiger partial charge is 0.433 e. The fourth-order valence-corrected chi connectivity index (χ4v) is 4.43. The molecule has 186 valence electrons. The molecule has 9 nitrogen and oxygen atoms in total. The molecule has 3 heterocycles. The highest BCUT2D eigenvalue weighted by molar-refractivity contribution is 8.12. The number of carbonyl (C=O) groups excluding carboxylic acids is 2. The predicted octanol–water partition coefficient (Wildman–Crippen LogP) is 3.75. The zero-order valence-electron chi connectivity index (χ0n) is 19.2. The summed E-state index contributed by atoms with van der Waals surface area (Å²) in [6, 6.07) is 4.83. The number of hydrogen-bond donors (Lipinski definition) is 2. The van der Waals surface area contributed by atoms with Crippen molar-refractivity contribution in [2.24, 2.45) is 5.10 Å². The summed E-state index contributed by atoms with van der Waals surface area (Å²) in [5.74, 6) is -0.359. The molecule has 3 aliphatic heterocycles. The largest absolute Gasteiger partial charge is 0.443 e. The number of halogens is 2. The Balaban J connectivity index is 0.00000324. The summed E-state index contributed by atoms with van der Waals surface area (Å²) < 4.78 is 25.6. The fourth-order valence-electron chi connectivity index (χ4n) is 3.71. The first-order valence-electron chi connectivity index (χ1n) is 10.8. The topological polar surface area (TPSA) is 95.5 Å². The quantitative estimate of drug-likeness (QED) is 0.619. The zero-order chi connectivity index (χ0) is 23.6. The Kier molecular flexibility index (Phi) is 8.45. The van der Waals surface area contributed by atoms with Crippen molar-refractivity contribution in [3.63, 3.8) is 0 Å². The van der Waals surface area contributed by atoms with Crippen molar-refractivity contribution in [3.05, 3.63) is 35.7 Å². The Morgan fingerprint density at radius 3 is 2.88 bits per heavy atom. The highest BCUT2D eigenvalue weighted by Crippen LogP contribution is 2.29. The fraction of sp³-hybridized carbons (Fsp3) is 0.500. The van der Waals surface area contributed by atoms with Crippen molar-refractivity contribution < 1.29 is 23.5 Å². The molecule has 4 rings (SSSR count). The molecule has 0 aliphatic carbocycles. The molecule has 2 amide bonds. The average molecular weight is 514 g/mol. The molecule has 1 aromatic carbocycles. The van der Waals surface area contributed by atoms with Gasteiger partial charge in [-0.2, -0.15) is 10.1 Å². The molecule has 0 bridgehead atoms. The van der Waals surface area contributed by atoms with E-state index in [0.29, 0.717) is 17.8 Å². The summed E-state index contributed by atoms with van der Waals surface area (Å²) in [5.41, 5.74) is 2.42. The second-order valence-corrected chi connectivity index (χ2v) is 9.84. The molecular weight excluding hydrogens is 485 g/mol. The number of hydrazone groups is 1. The van der Waals surface area contributed by atoms with E-state index in [0.717, 1.165) is 25.1 Å². The van der Waals surface area contributed by atoms with Crippen LogP contribution in [-0.2, 0) is 9.47 Å². The Hall–Kier alpha value is -2.34. The molecule has 0 saturated carbocycles. The SMILES string of the molecule is CC(C)(C)OC(=O)N1N=CSC1NC[C@@H]1CN(c2ccc(C3=CCNCC3)c(F)c2)C(=O)O1.Cl. The van der Waals surface area contributed by atoms with Gasteiger partial charge in [0.05, 0.1) is 17.8 Å². The van der Waals surface area contributed by atoms with Gasteiger partial charge in [-0.3, -0.25) is 10.2 Å². The minimum absolute atomic E-state index is 0. The van der Waals surface area contributed by atoms with Crippen molar-refractivity contribution in [2.75, 3.05) is 31.1 Å². The lowest BCUT2D eigenvalue weighted by atomic mass is 9.99. The van der Waals surface area contributed by atoms with Gasteiger partial charge in [-0.1, -0.05) is 17.8 Å². The van der Waals surface area contributed by atoms with Gasteiger partial charge < -0.3 is 14.8 Å². The van der Waals surface area contributed by atoms with E-state index in [-0.39, 0.29) is 24.8 Å². The maximum absolute atomic E-state index is 14.8. The van der Waals surface area contributed by atoms with Gasteiger partial charge in [0.15, 0.2) is 5.50 Å². The molecule has 2 N–H and O–H groups in total. The van der Waals surface area contributed by atoms with Gasteiger partial charge in [-0.05, 0) is 57.5 Å². The summed E-state index contributed by atoms with van der Waals surface area (Å²) in [6.07, 6.45) is 1.19. The molecule has 1 unspecified atom stereocenters. The van der Waals surface area contributed by atoms with Crippen LogP contribution in [0.3, 0.4) is 0 Å². The number of carbonyl (C=O) groups is 2. The van der Waals surface area contributed by atoms with Gasteiger partial charge in [0.25, 0.3) is 0 Å². The van der Waals surface area contributed by atoms with Gasteiger partial charge in [-0.15, -0.1) is 12.4 Å². The predicted molar refractivity (Wildman–Crippen MR) is 133 cm³/mol. The third-order valence-electron chi connectivity index (χ3n) is 5.23. The van der Waals surface area contributed by atoms with Crippen molar-refractivity contribution in [3.8, 4) is 0 Å². The number of nitrogens with one attached hydrogen (secondary N) is 2. The van der Waals surface area contributed by atoms with Crippen molar-refractivity contribution in [2.45, 2.75) is 44.4 Å². The molecule has 1 aromatic rings. The van der Waals surface area contributed by atoms with E-state index in [4.69, 9.17) is 9.47 Å². The van der Waals surface area contributed by atoms with E-state index in [2.05, 4.69) is 15.7 Å². The van der Waals surface area contributed by atoms with E-state index < -0.39 is 29.4 Å². The first-order chi connectivity index (χ1) is 15.7. The van der Waals surface area contributed by atoms with Crippen molar-refractivity contribution in [1.29, 1.82) is 0 Å². The van der Waals surface area contributed by atoms with E-state index in [1.165, 1.54) is 27.7 Å². The standard InChI is InChI=1S/C22H28FN5O4S.ClH/c1-22(2,3)32-21(30)28-19(33-13-26-28)25-11-16-12-27(20(29)31-16)15-4-5-17(18(23)10-15)14-6-8-24-9-7-14;/h4-6,10,13,16,19,24-25H,7-9,11-12H2,1-3H3;1H/t16-,19?;/m1./s1. The van der Waals surface area contributed by atoms with Gasteiger partial charge >= 0.3 is 12.2 Å². The molecule has 3 aliphatic rings. The first kappa shape index (κ1) is 26.3. The molecule has 0 radical (unpaired) electrons. The molecule has 2 atom stereocenters. The minimum Gasteiger partial charge on any atom is -0.443 e. The number of ether oxygens (including phenoxy) is 2. The van der Waals surface area contributed by atoms with Crippen LogP contribution >= 0.6 is 24.2 Å². The normalized spacial score (nSPS) is 22.4. The number of anilines is 1. The number of thioether (sulfide) groups is 1. The summed E-state index contributed by atoms with van der Waals surface area (Å²) >= 11 is 1.31. The van der Waals surface area contributed by atoms with Crippen LogP contribution in [0.1, 0.15) is 32.8 Å². The number of rotatable bonds is 5. The van der Waals surface area contributed by atoms with Crippen LogP contribution in [0.25, 0.3) is 5.57 Å². The third-order valence-corrected chi connectivity index (χ3v) is 6.07. The summed E-state index contributed by atoms with van der Waals surface area (Å²) in [6.45, 7) is 7.45. The van der Waals surface area contributed by atoms with Crippen molar-refractivity contribution >= 4 is 53.2 Å². The van der Waals surface area contributed by atoms with Crippen LogP contribution < -0.4 is 15.5 Å². The highest BCUT2D eigenvalue weighted by Gasteiger charge is 2.36. The molecule has 1 fully saturated rings. The monoisotopic (exact) mass is 513 g/mol. The van der Waals surface area contributed by atoms with Crippen molar-refractivity contribution in [1.82, 2.24) is 15.6 Å². The van der Waals surface area contributed by atoms with Crippen LogP contribution in [0.5, 0.6) is 0 Å². The van der Waals surface area contributed by atoms with Crippen LogP contribution in [-0.4, -0.2) is 66.1 Å². The van der Waals surface area contributed by atoms with Gasteiger partial charge in [0.1, 0.15) is 17.5 Å². The molecule has 1 saturated heterocycles. The van der Waals surface area contributed by atoms with E-state index >= 15 is 0 Å². The lowest BCUT2D eigenvalue weighted by molar-refractivity contribution is 0.0213.